The number of nitrogens with two attached hydrogens (primary N) is 1. The highest BCUT2D eigenvalue weighted by Gasteiger charge is 2.13. The van der Waals surface area contributed by atoms with E-state index in [-0.39, 0.29) is 11.7 Å². The van der Waals surface area contributed by atoms with Crippen LogP contribution in [0, 0.1) is 6.92 Å². The van der Waals surface area contributed by atoms with Crippen molar-refractivity contribution in [2.75, 3.05) is 5.73 Å². The lowest BCUT2D eigenvalue weighted by molar-refractivity contribution is 0.593. The summed E-state index contributed by atoms with van der Waals surface area (Å²) in [5, 5.41) is 0. The van der Waals surface area contributed by atoms with E-state index in [1.54, 1.807) is 11.5 Å². The molecule has 0 aliphatic heterocycles. The lowest BCUT2D eigenvalue weighted by Gasteiger charge is -2.06. The normalized spacial score (nSPS) is 11.5. The van der Waals surface area contributed by atoms with Crippen LogP contribution in [0.5, 0.6) is 0 Å². The van der Waals surface area contributed by atoms with Crippen LogP contribution in [0.3, 0.4) is 0 Å². The molecule has 0 unspecified atom stereocenters. The van der Waals surface area contributed by atoms with E-state index in [2.05, 4.69) is 15.0 Å². The van der Waals surface area contributed by atoms with Gasteiger partial charge in [0.1, 0.15) is 11.3 Å². The van der Waals surface area contributed by atoms with Gasteiger partial charge in [-0.3, -0.25) is 4.57 Å². The fourth-order valence-corrected chi connectivity index (χ4v) is 1.62. The van der Waals surface area contributed by atoms with Crippen LogP contribution in [0.4, 0.5) is 5.82 Å². The summed E-state index contributed by atoms with van der Waals surface area (Å²) in [5.74, 6) is 0.877. The maximum atomic E-state index is 11.6. The Morgan fingerprint density at radius 2 is 2.07 bits per heavy atom. The number of nitrogens with one attached hydrogen (secondary N) is 1. The van der Waals surface area contributed by atoms with E-state index in [1.807, 2.05) is 13.8 Å². The van der Waals surface area contributed by atoms with Gasteiger partial charge in [0.2, 0.25) is 0 Å². The summed E-state index contributed by atoms with van der Waals surface area (Å²) in [7, 11) is 0. The number of aryl methyl sites for hydroxylation is 1. The zero-order valence-electron chi connectivity index (χ0n) is 8.90. The summed E-state index contributed by atoms with van der Waals surface area (Å²) in [6.07, 6.45) is 0. The van der Waals surface area contributed by atoms with Crippen molar-refractivity contribution in [3.8, 4) is 0 Å². The first-order valence-corrected chi connectivity index (χ1v) is 4.75. The van der Waals surface area contributed by atoms with Crippen LogP contribution in [0.25, 0.3) is 11.2 Å². The Kier molecular flexibility index (Phi) is 1.99. The van der Waals surface area contributed by atoms with Gasteiger partial charge in [-0.1, -0.05) is 0 Å². The van der Waals surface area contributed by atoms with Gasteiger partial charge in [-0.25, -0.2) is 14.8 Å². The molecule has 2 aromatic heterocycles. The number of aromatic nitrogens is 4. The second-order valence-electron chi connectivity index (χ2n) is 3.75. The highest BCUT2D eigenvalue weighted by molar-refractivity contribution is 5.81. The maximum Gasteiger partial charge on any atom is 0.328 e. The molecule has 2 rings (SSSR count). The molecular formula is C9H13N5O. The summed E-state index contributed by atoms with van der Waals surface area (Å²) in [6, 6.07) is 0.0416. The lowest BCUT2D eigenvalue weighted by Crippen LogP contribution is -2.18. The minimum atomic E-state index is -0.202. The first-order valence-electron chi connectivity index (χ1n) is 4.75. The molecule has 0 aromatic carbocycles. The van der Waals surface area contributed by atoms with Crippen LogP contribution in [-0.4, -0.2) is 19.5 Å². The van der Waals surface area contributed by atoms with Gasteiger partial charge in [0.25, 0.3) is 0 Å². The molecule has 6 heteroatoms. The Morgan fingerprint density at radius 3 is 2.67 bits per heavy atom. The van der Waals surface area contributed by atoms with E-state index in [0.29, 0.717) is 22.8 Å². The van der Waals surface area contributed by atoms with E-state index in [9.17, 15) is 4.79 Å². The Balaban J connectivity index is 2.93. The molecule has 0 amide bonds. The average Bonchev–Trinajstić information content (AvgIpc) is 2.41. The Labute approximate surface area is 86.2 Å². The number of rotatable bonds is 1. The van der Waals surface area contributed by atoms with Crippen molar-refractivity contribution in [2.24, 2.45) is 0 Å². The summed E-state index contributed by atoms with van der Waals surface area (Å²) in [5.41, 5.74) is 6.59. The zero-order valence-corrected chi connectivity index (χ0v) is 8.90. The fourth-order valence-electron chi connectivity index (χ4n) is 1.62. The molecule has 0 fully saturated rings. The molecule has 0 aliphatic carbocycles. The number of nitrogen functional groups attached to an aromatic ring is 1. The van der Waals surface area contributed by atoms with Crippen LogP contribution in [-0.2, 0) is 0 Å². The number of hydrogen-bond acceptors (Lipinski definition) is 4. The molecule has 0 spiro atoms. The average molecular weight is 207 g/mol. The highest BCUT2D eigenvalue weighted by Crippen LogP contribution is 2.16. The molecule has 3 N–H and O–H groups in total. The minimum Gasteiger partial charge on any atom is -0.382 e. The van der Waals surface area contributed by atoms with E-state index in [1.165, 1.54) is 0 Å². The van der Waals surface area contributed by atoms with E-state index in [0.717, 1.165) is 0 Å². The summed E-state index contributed by atoms with van der Waals surface area (Å²) in [6.45, 7) is 5.59. The lowest BCUT2D eigenvalue weighted by atomic mass is 10.4. The molecule has 0 saturated carbocycles. The Hall–Kier alpha value is -1.85. The number of imidazole rings is 1. The van der Waals surface area contributed by atoms with Crippen LogP contribution >= 0.6 is 0 Å². The molecule has 15 heavy (non-hydrogen) atoms. The van der Waals surface area contributed by atoms with Gasteiger partial charge in [0.05, 0.1) is 0 Å². The molecular weight excluding hydrogens is 194 g/mol. The largest absolute Gasteiger partial charge is 0.382 e. The van der Waals surface area contributed by atoms with E-state index >= 15 is 0 Å². The fraction of sp³-hybridized carbons (Fsp3) is 0.444. The van der Waals surface area contributed by atoms with E-state index in [4.69, 9.17) is 5.73 Å². The van der Waals surface area contributed by atoms with Crippen LogP contribution in [0.1, 0.15) is 25.7 Å². The monoisotopic (exact) mass is 207 g/mol. The first kappa shape index (κ1) is 9.70. The first-order chi connectivity index (χ1) is 7.00. The predicted octanol–water partition coefficient (Wildman–Crippen LogP) is 0.591. The van der Waals surface area contributed by atoms with E-state index < -0.39 is 0 Å². The standard InChI is InChI=1S/C9H13N5O/c1-4(2)14-8-6(13-9(14)15)7(10)11-5(3)12-8/h4H,1-3H3,(H,13,15)(H2,10,11,12). The van der Waals surface area contributed by atoms with Crippen molar-refractivity contribution in [3.05, 3.63) is 16.3 Å². The van der Waals surface area contributed by atoms with Crippen LogP contribution in [0.15, 0.2) is 4.79 Å². The number of anilines is 1. The number of H-pyrrole nitrogens is 1. The summed E-state index contributed by atoms with van der Waals surface area (Å²) < 4.78 is 1.57. The van der Waals surface area contributed by atoms with Crippen LogP contribution in [0.2, 0.25) is 0 Å². The van der Waals surface area contributed by atoms with Gasteiger partial charge in [0, 0.05) is 6.04 Å². The molecule has 0 radical (unpaired) electrons. The molecule has 0 aliphatic rings. The van der Waals surface area contributed by atoms with Gasteiger partial charge in [-0.05, 0) is 20.8 Å². The maximum absolute atomic E-state index is 11.6. The highest BCUT2D eigenvalue weighted by atomic mass is 16.1. The van der Waals surface area contributed by atoms with Crippen molar-refractivity contribution >= 4 is 17.0 Å². The number of aromatic amines is 1. The molecule has 2 heterocycles. The van der Waals surface area contributed by atoms with Gasteiger partial charge >= 0.3 is 5.69 Å². The molecule has 0 atom stereocenters. The van der Waals surface area contributed by atoms with Gasteiger partial charge < -0.3 is 10.7 Å². The quantitative estimate of drug-likeness (QED) is 0.716. The molecule has 80 valence electrons. The number of fused-ring (bicyclic) bond motifs is 1. The Bertz CT molecular complexity index is 566. The van der Waals surface area contributed by atoms with Gasteiger partial charge in [0.15, 0.2) is 11.5 Å². The predicted molar refractivity (Wildman–Crippen MR) is 57.7 cm³/mol. The van der Waals surface area contributed by atoms with Crippen molar-refractivity contribution in [3.63, 3.8) is 0 Å². The second kappa shape index (κ2) is 3.08. The summed E-state index contributed by atoms with van der Waals surface area (Å²) in [4.78, 5) is 22.5. The van der Waals surface area contributed by atoms with Crippen LogP contribution < -0.4 is 11.4 Å². The summed E-state index contributed by atoms with van der Waals surface area (Å²) >= 11 is 0. The van der Waals surface area contributed by atoms with Crippen molar-refractivity contribution < 1.29 is 0 Å². The third kappa shape index (κ3) is 1.38. The van der Waals surface area contributed by atoms with Crippen molar-refractivity contribution in [1.29, 1.82) is 0 Å². The zero-order chi connectivity index (χ0) is 11.2. The topological polar surface area (TPSA) is 89.6 Å². The van der Waals surface area contributed by atoms with Crippen molar-refractivity contribution in [1.82, 2.24) is 19.5 Å². The smallest absolute Gasteiger partial charge is 0.328 e. The van der Waals surface area contributed by atoms with Gasteiger partial charge in [-0.15, -0.1) is 0 Å². The second-order valence-corrected chi connectivity index (χ2v) is 3.75. The molecule has 0 bridgehead atoms. The van der Waals surface area contributed by atoms with Crippen molar-refractivity contribution in [2.45, 2.75) is 26.8 Å². The third-order valence-corrected chi connectivity index (χ3v) is 2.23. The number of hydrogen-bond donors (Lipinski definition) is 2. The SMILES string of the molecule is Cc1nc(N)c2[nH]c(=O)n(C(C)C)c2n1. The molecule has 0 saturated heterocycles. The van der Waals surface area contributed by atoms with Gasteiger partial charge in [-0.2, -0.15) is 0 Å². The molecule has 2 aromatic rings. The Morgan fingerprint density at radius 1 is 1.40 bits per heavy atom. The minimum absolute atomic E-state index is 0.0416. The molecule has 6 nitrogen and oxygen atoms in total. The third-order valence-electron chi connectivity index (χ3n) is 2.23. The number of nitrogens with zero attached hydrogens (tertiary/aromatic N) is 3.